The molecule has 0 aliphatic heterocycles. The molecule has 0 fully saturated rings. The Balaban J connectivity index is 0.000000229. The van der Waals surface area contributed by atoms with E-state index in [1.54, 1.807) is 24.7 Å². The summed E-state index contributed by atoms with van der Waals surface area (Å²) in [4.78, 5) is 12.0. The minimum atomic E-state index is -1.34. The molecule has 2 unspecified atom stereocenters. The van der Waals surface area contributed by atoms with Crippen LogP contribution in [0.5, 0.6) is 11.5 Å². The smallest absolute Gasteiger partial charge is 0.135 e. The predicted octanol–water partition coefficient (Wildman–Crippen LogP) is 12.5. The van der Waals surface area contributed by atoms with Gasteiger partial charge in [0.05, 0.1) is 30.2 Å². The number of hydrogen-bond acceptors (Lipinski definition) is 6. The Hall–Kier alpha value is -7.78. The van der Waals surface area contributed by atoms with Gasteiger partial charge < -0.3 is 29.6 Å². The maximum absolute atomic E-state index is 12.6. The largest absolute Gasteiger partial charge is 0.508 e. The Morgan fingerprint density at radius 2 is 1.03 bits per heavy atom. The van der Waals surface area contributed by atoms with Crippen molar-refractivity contribution in [2.45, 2.75) is 51.0 Å². The molecular weight excluding hydrogens is 841 g/mol. The molecule has 0 amide bonds. The van der Waals surface area contributed by atoms with E-state index in [0.717, 1.165) is 60.7 Å². The zero-order valence-electron chi connectivity index (χ0n) is 38.7. The van der Waals surface area contributed by atoms with E-state index in [2.05, 4.69) is 124 Å². The van der Waals surface area contributed by atoms with Gasteiger partial charge in [0.25, 0.3) is 0 Å². The number of H-pyrrole nitrogens is 1. The van der Waals surface area contributed by atoms with E-state index in [0.29, 0.717) is 18.0 Å². The summed E-state index contributed by atoms with van der Waals surface area (Å²) in [5, 5.41) is 37.4. The number of nitrogens with zero attached hydrogens (tertiary/aromatic N) is 3. The van der Waals surface area contributed by atoms with Gasteiger partial charge in [-0.05, 0) is 103 Å². The zero-order valence-corrected chi connectivity index (χ0v) is 38.7. The molecule has 0 aliphatic rings. The van der Waals surface area contributed by atoms with Gasteiger partial charge in [-0.25, -0.2) is 9.97 Å². The van der Waals surface area contributed by atoms with E-state index in [1.165, 1.54) is 0 Å². The molecule has 0 radical (unpaired) electrons. The number of aliphatic hydroxyl groups is 2. The number of imidazole rings is 2. The lowest BCUT2D eigenvalue weighted by atomic mass is 9.76. The molecule has 0 spiro atoms. The molecule has 2 atom stereocenters. The van der Waals surface area contributed by atoms with E-state index in [-0.39, 0.29) is 17.6 Å². The molecule has 2 heterocycles. The van der Waals surface area contributed by atoms with Crippen LogP contribution in [0.4, 0.5) is 0 Å². The molecule has 68 heavy (non-hydrogen) atoms. The molecule has 2 aromatic heterocycles. The highest BCUT2D eigenvalue weighted by molar-refractivity contribution is 5.85. The summed E-state index contributed by atoms with van der Waals surface area (Å²) in [6, 6.07) is 64.9. The number of benzene rings is 8. The highest BCUT2D eigenvalue weighted by Gasteiger charge is 2.42. The summed E-state index contributed by atoms with van der Waals surface area (Å²) in [6.07, 6.45) is 7.12. The minimum absolute atomic E-state index is 0.0208. The molecule has 0 aliphatic carbocycles. The third kappa shape index (κ3) is 8.56. The first-order valence-corrected chi connectivity index (χ1v) is 23.1. The Kier molecular flexibility index (Phi) is 12.8. The van der Waals surface area contributed by atoms with Crippen molar-refractivity contribution in [1.82, 2.24) is 19.5 Å². The molecule has 8 nitrogen and oxygen atoms in total. The Morgan fingerprint density at radius 3 is 1.56 bits per heavy atom. The van der Waals surface area contributed by atoms with Gasteiger partial charge in [0.15, 0.2) is 0 Å². The molecule has 10 aromatic rings. The molecule has 4 N–H and O–H groups in total. The average Bonchev–Trinajstić information content (AvgIpc) is 4.12. The fourth-order valence-corrected chi connectivity index (χ4v) is 9.49. The lowest BCUT2D eigenvalue weighted by molar-refractivity contribution is 0.0278. The van der Waals surface area contributed by atoms with Crippen molar-refractivity contribution in [2.75, 3.05) is 0 Å². The molecular formula is C60H56N4O4. The molecule has 0 bridgehead atoms. The first-order chi connectivity index (χ1) is 33.0. The summed E-state index contributed by atoms with van der Waals surface area (Å²) < 4.78 is 8.25. The highest BCUT2D eigenvalue weighted by atomic mass is 16.5. The molecule has 8 heteroatoms. The molecule has 0 saturated heterocycles. The summed E-state index contributed by atoms with van der Waals surface area (Å²) in [7, 11) is 0. The summed E-state index contributed by atoms with van der Waals surface area (Å²) in [5.74, 6) is 0.873. The summed E-state index contributed by atoms with van der Waals surface area (Å²) >= 11 is 0. The fourth-order valence-electron chi connectivity index (χ4n) is 9.49. The van der Waals surface area contributed by atoms with Gasteiger partial charge in [0.1, 0.15) is 34.8 Å². The number of hydrogen-bond donors (Lipinski definition) is 4. The van der Waals surface area contributed by atoms with Crippen molar-refractivity contribution < 1.29 is 20.1 Å². The topological polar surface area (TPSA) is 116 Å². The normalized spacial score (nSPS) is 13.5. The number of rotatable bonds is 13. The number of aromatic amines is 1. The first kappa shape index (κ1) is 45.4. The van der Waals surface area contributed by atoms with Crippen molar-refractivity contribution in [1.29, 1.82) is 0 Å². The number of fused-ring (bicyclic) bond motifs is 2. The second-order valence-electron chi connectivity index (χ2n) is 18.0. The Morgan fingerprint density at radius 1 is 0.544 bits per heavy atom. The van der Waals surface area contributed by atoms with Crippen LogP contribution in [0.2, 0.25) is 0 Å². The van der Waals surface area contributed by atoms with Crippen LogP contribution in [-0.4, -0.2) is 34.8 Å². The number of nitrogens with one attached hydrogen (secondary N) is 1. The SMILES string of the molecule is CC(C)C(O)(c1ccc2cc(O)ccc2c1)c1cnc[nH]1.CC(C)C(O)(c1ccc2cc(OCc3ccccc3)ccc2c1)c1cn(C(c2ccccc2)(c2ccccc2)c2ccccc2)cn1. The van der Waals surface area contributed by atoms with E-state index < -0.39 is 16.7 Å². The second-order valence-corrected chi connectivity index (χ2v) is 18.0. The van der Waals surface area contributed by atoms with Gasteiger partial charge in [-0.1, -0.05) is 185 Å². The standard InChI is InChI=1S/C43H38N2O2.C17H18N2O2/c1-32(2)43(46,39-25-23-35-28-40(26-24-34(35)27-39)47-30-33-15-7-3-8-16-33)41-29-45(31-44-41)42(36-17-9-4-10-18-36,37-19-11-5-12-20-37)38-21-13-6-14-22-38;1-11(2)17(21,16-9-18-10-19-16)14-5-3-13-8-15(20)6-4-12(13)7-14/h3-29,31-32,46H,30H2,1-2H3;3-11,20-21H,1-2H3,(H,18,19). The van der Waals surface area contributed by atoms with Gasteiger partial charge in [-0.15, -0.1) is 0 Å². The van der Waals surface area contributed by atoms with E-state index in [4.69, 9.17) is 9.72 Å². The van der Waals surface area contributed by atoms with Crippen molar-refractivity contribution in [3.8, 4) is 11.5 Å². The van der Waals surface area contributed by atoms with Crippen LogP contribution in [0.1, 0.15) is 72.5 Å². The van der Waals surface area contributed by atoms with E-state index >= 15 is 0 Å². The second kappa shape index (κ2) is 19.2. The number of aromatic hydroxyl groups is 1. The van der Waals surface area contributed by atoms with Crippen LogP contribution >= 0.6 is 0 Å². The van der Waals surface area contributed by atoms with Crippen LogP contribution < -0.4 is 4.74 Å². The highest BCUT2D eigenvalue weighted by Crippen LogP contribution is 2.44. The third-order valence-electron chi connectivity index (χ3n) is 13.3. The lowest BCUT2D eigenvalue weighted by Crippen LogP contribution is -2.37. The molecule has 340 valence electrons. The van der Waals surface area contributed by atoms with Crippen molar-refractivity contribution in [3.05, 3.63) is 264 Å². The van der Waals surface area contributed by atoms with E-state index in [9.17, 15) is 15.3 Å². The van der Waals surface area contributed by atoms with E-state index in [1.807, 2.05) is 113 Å². The maximum atomic E-state index is 12.6. The van der Waals surface area contributed by atoms with Gasteiger partial charge >= 0.3 is 0 Å². The maximum Gasteiger partial charge on any atom is 0.135 e. The minimum Gasteiger partial charge on any atom is -0.508 e. The number of phenolic OH excluding ortho intramolecular Hbond substituents is 1. The molecule has 10 rings (SSSR count). The number of phenols is 1. The number of ether oxygens (including phenoxy) is 1. The van der Waals surface area contributed by atoms with Crippen molar-refractivity contribution in [2.24, 2.45) is 11.8 Å². The van der Waals surface area contributed by atoms with Crippen LogP contribution in [0.25, 0.3) is 21.5 Å². The molecule has 0 saturated carbocycles. The Labute approximate surface area is 397 Å². The quantitative estimate of drug-likeness (QED) is 0.0857. The number of aromatic nitrogens is 4. The fraction of sp³-hybridized carbons (Fsp3) is 0.167. The van der Waals surface area contributed by atoms with Crippen LogP contribution in [-0.2, 0) is 23.3 Å². The van der Waals surface area contributed by atoms with Crippen LogP contribution in [0.15, 0.2) is 219 Å². The van der Waals surface area contributed by atoms with Gasteiger partial charge in [0, 0.05) is 6.20 Å². The Bertz CT molecular complexity index is 3130. The van der Waals surface area contributed by atoms with Gasteiger partial charge in [0.2, 0.25) is 0 Å². The molecule has 8 aromatic carbocycles. The summed E-state index contributed by atoms with van der Waals surface area (Å²) in [5.41, 5.74) is 4.14. The third-order valence-corrected chi connectivity index (χ3v) is 13.3. The predicted molar refractivity (Wildman–Crippen MR) is 271 cm³/mol. The summed E-state index contributed by atoms with van der Waals surface area (Å²) in [6.45, 7) is 8.55. The monoisotopic (exact) mass is 896 g/mol. The van der Waals surface area contributed by atoms with Crippen molar-refractivity contribution in [3.63, 3.8) is 0 Å². The zero-order chi connectivity index (χ0) is 47.3. The lowest BCUT2D eigenvalue weighted by Gasteiger charge is -2.37. The average molecular weight is 897 g/mol. The van der Waals surface area contributed by atoms with Gasteiger partial charge in [-0.2, -0.15) is 0 Å². The van der Waals surface area contributed by atoms with Gasteiger partial charge in [-0.3, -0.25) is 0 Å². The first-order valence-electron chi connectivity index (χ1n) is 23.1. The van der Waals surface area contributed by atoms with Crippen molar-refractivity contribution >= 4 is 21.5 Å². The van der Waals surface area contributed by atoms with Crippen LogP contribution in [0.3, 0.4) is 0 Å². The van der Waals surface area contributed by atoms with Crippen LogP contribution in [0, 0.1) is 11.8 Å².